The number of esters is 1. The molecule has 0 aromatic heterocycles. The summed E-state index contributed by atoms with van der Waals surface area (Å²) in [6.45, 7) is 0.969. The summed E-state index contributed by atoms with van der Waals surface area (Å²) in [5, 5.41) is 0. The molecule has 32 heavy (non-hydrogen) atoms. The Labute approximate surface area is 187 Å². The van der Waals surface area contributed by atoms with Gasteiger partial charge in [0.1, 0.15) is 5.60 Å². The predicted molar refractivity (Wildman–Crippen MR) is 118 cm³/mol. The first kappa shape index (κ1) is 22.2. The van der Waals surface area contributed by atoms with E-state index in [0.29, 0.717) is 14.8 Å². The molecule has 3 aromatic rings. The average molecular weight is 472 g/mol. The van der Waals surface area contributed by atoms with Crippen LogP contribution in [0.1, 0.15) is 22.8 Å². The van der Waals surface area contributed by atoms with E-state index >= 15 is 0 Å². The largest absolute Gasteiger partial charge is 0.454 e. The molecule has 4 rings (SSSR count). The molecule has 0 radical (unpaired) electrons. The van der Waals surface area contributed by atoms with Gasteiger partial charge in [-0.15, -0.1) is 0 Å². The number of benzene rings is 3. The first-order valence-corrected chi connectivity index (χ1v) is 12.7. The zero-order valence-electron chi connectivity index (χ0n) is 17.2. The van der Waals surface area contributed by atoms with Crippen LogP contribution in [0.5, 0.6) is 0 Å². The van der Waals surface area contributed by atoms with Crippen molar-refractivity contribution >= 4 is 26.0 Å². The molecule has 166 valence electrons. The van der Waals surface area contributed by atoms with E-state index in [9.17, 15) is 21.6 Å². The fourth-order valence-corrected chi connectivity index (χ4v) is 7.58. The molecule has 0 saturated heterocycles. The molecule has 0 fully saturated rings. The molecule has 1 aliphatic heterocycles. The van der Waals surface area contributed by atoms with E-state index in [1.165, 1.54) is 55.5 Å². The molecule has 0 bridgehead atoms. The number of rotatable bonds is 6. The third-order valence-electron chi connectivity index (χ3n) is 5.22. The number of nitrogens with zero attached hydrogens (tertiary/aromatic N) is 1. The SMILES string of the molecule is CC1(CN(S(=O)(=O)c2ccccc2)S(=O)(=O)c2ccccc2)Cc2ccccc2C(=O)O1. The number of carbonyl (C=O) groups is 1. The Balaban J connectivity index is 1.82. The van der Waals surface area contributed by atoms with E-state index in [1.54, 1.807) is 36.4 Å². The second kappa shape index (κ2) is 8.16. The van der Waals surface area contributed by atoms with Crippen LogP contribution >= 0.6 is 0 Å². The molecular formula is C23H21NO6S2. The Morgan fingerprint density at radius 3 is 1.78 bits per heavy atom. The molecule has 0 saturated carbocycles. The van der Waals surface area contributed by atoms with Crippen LogP contribution in [0.25, 0.3) is 0 Å². The molecule has 0 spiro atoms. The molecule has 1 unspecified atom stereocenters. The smallest absolute Gasteiger partial charge is 0.339 e. The predicted octanol–water partition coefficient (Wildman–Crippen LogP) is 3.24. The first-order chi connectivity index (χ1) is 15.1. The number of sulfonamides is 2. The van der Waals surface area contributed by atoms with Crippen LogP contribution in [0.3, 0.4) is 0 Å². The molecule has 0 N–H and O–H groups in total. The lowest BCUT2D eigenvalue weighted by Crippen LogP contribution is -2.51. The summed E-state index contributed by atoms with van der Waals surface area (Å²) in [6.07, 6.45) is 0.167. The summed E-state index contributed by atoms with van der Waals surface area (Å²) in [7, 11) is -8.97. The van der Waals surface area contributed by atoms with E-state index < -0.39 is 38.2 Å². The maximum Gasteiger partial charge on any atom is 0.339 e. The van der Waals surface area contributed by atoms with Gasteiger partial charge in [-0.05, 0) is 42.8 Å². The molecule has 9 heteroatoms. The van der Waals surface area contributed by atoms with Gasteiger partial charge in [-0.2, -0.15) is 0 Å². The van der Waals surface area contributed by atoms with Crippen LogP contribution < -0.4 is 0 Å². The Morgan fingerprint density at radius 1 is 0.781 bits per heavy atom. The minimum Gasteiger partial charge on any atom is -0.454 e. The minimum atomic E-state index is -4.49. The lowest BCUT2D eigenvalue weighted by atomic mass is 9.90. The molecule has 1 atom stereocenters. The number of cyclic esters (lactones) is 1. The van der Waals surface area contributed by atoms with Crippen LogP contribution in [0.4, 0.5) is 0 Å². The van der Waals surface area contributed by atoms with Gasteiger partial charge in [0.25, 0.3) is 20.0 Å². The lowest BCUT2D eigenvalue weighted by molar-refractivity contribution is -0.0178. The Bertz CT molecular complexity index is 1290. The van der Waals surface area contributed by atoms with Crippen molar-refractivity contribution in [3.05, 3.63) is 96.1 Å². The standard InChI is InChI=1S/C23H21NO6S2/c1-23(16-18-10-8-9-15-21(18)22(25)30-23)17-24(31(26,27)19-11-4-2-5-12-19)32(28,29)20-13-6-3-7-14-20/h2-15H,16-17H2,1H3. The van der Waals surface area contributed by atoms with Crippen molar-refractivity contribution < 1.29 is 26.4 Å². The highest BCUT2D eigenvalue weighted by Crippen LogP contribution is 2.33. The monoisotopic (exact) mass is 471 g/mol. The van der Waals surface area contributed by atoms with Crippen LogP contribution in [-0.2, 0) is 31.2 Å². The van der Waals surface area contributed by atoms with Crippen molar-refractivity contribution in [1.82, 2.24) is 3.71 Å². The van der Waals surface area contributed by atoms with Gasteiger partial charge in [0.15, 0.2) is 0 Å². The van der Waals surface area contributed by atoms with E-state index in [2.05, 4.69) is 0 Å². The highest BCUT2D eigenvalue weighted by atomic mass is 32.3. The molecule has 0 aliphatic carbocycles. The molecule has 3 aromatic carbocycles. The van der Waals surface area contributed by atoms with Gasteiger partial charge in [-0.25, -0.2) is 21.6 Å². The van der Waals surface area contributed by atoms with E-state index in [1.807, 2.05) is 0 Å². The maximum atomic E-state index is 13.5. The van der Waals surface area contributed by atoms with Crippen LogP contribution in [0, 0.1) is 0 Å². The third-order valence-corrected chi connectivity index (χ3v) is 9.47. The maximum absolute atomic E-state index is 13.5. The molecule has 7 nitrogen and oxygen atoms in total. The van der Waals surface area contributed by atoms with Gasteiger partial charge < -0.3 is 4.74 Å². The number of hydrogen-bond acceptors (Lipinski definition) is 6. The number of ether oxygens (including phenoxy) is 1. The first-order valence-electron chi connectivity index (χ1n) is 9.83. The zero-order valence-corrected chi connectivity index (χ0v) is 18.8. The number of hydrogen-bond donors (Lipinski definition) is 0. The Morgan fingerprint density at radius 2 is 1.25 bits per heavy atom. The molecule has 0 amide bonds. The summed E-state index contributed by atoms with van der Waals surface area (Å²) in [4.78, 5) is 12.2. The summed E-state index contributed by atoms with van der Waals surface area (Å²) < 4.78 is 60.0. The number of carbonyl (C=O) groups excluding carboxylic acids is 1. The van der Waals surface area contributed by atoms with Gasteiger partial charge in [0, 0.05) is 6.42 Å². The zero-order chi connectivity index (χ0) is 23.0. The van der Waals surface area contributed by atoms with Gasteiger partial charge in [-0.1, -0.05) is 58.3 Å². The van der Waals surface area contributed by atoms with Crippen molar-refractivity contribution in [2.24, 2.45) is 0 Å². The second-order valence-corrected chi connectivity index (χ2v) is 11.7. The van der Waals surface area contributed by atoms with E-state index in [4.69, 9.17) is 4.74 Å². The summed E-state index contributed by atoms with van der Waals surface area (Å²) in [6, 6.07) is 21.5. The Kier molecular flexibility index (Phi) is 5.66. The quantitative estimate of drug-likeness (QED) is 0.512. The Hall–Kier alpha value is -3.01. The summed E-state index contributed by atoms with van der Waals surface area (Å²) in [5.41, 5.74) is -0.344. The summed E-state index contributed by atoms with van der Waals surface area (Å²) >= 11 is 0. The van der Waals surface area contributed by atoms with Gasteiger partial charge in [0.05, 0.1) is 21.9 Å². The van der Waals surface area contributed by atoms with Crippen molar-refractivity contribution in [2.45, 2.75) is 28.7 Å². The highest BCUT2D eigenvalue weighted by Gasteiger charge is 2.45. The molecule has 1 aliphatic rings. The third kappa shape index (κ3) is 4.06. The van der Waals surface area contributed by atoms with Crippen LogP contribution in [0.2, 0.25) is 0 Å². The minimum absolute atomic E-state index is 0.167. The fraction of sp³-hybridized carbons (Fsp3) is 0.174. The van der Waals surface area contributed by atoms with Gasteiger partial charge >= 0.3 is 5.97 Å². The van der Waals surface area contributed by atoms with E-state index in [0.717, 1.165) is 0 Å². The van der Waals surface area contributed by atoms with Gasteiger partial charge in [0.2, 0.25) is 0 Å². The average Bonchev–Trinajstić information content (AvgIpc) is 2.78. The van der Waals surface area contributed by atoms with E-state index in [-0.39, 0.29) is 16.2 Å². The van der Waals surface area contributed by atoms with Crippen molar-refractivity contribution in [3.63, 3.8) is 0 Å². The molecule has 1 heterocycles. The van der Waals surface area contributed by atoms with Crippen LogP contribution in [-0.4, -0.2) is 38.7 Å². The van der Waals surface area contributed by atoms with Crippen molar-refractivity contribution in [3.8, 4) is 0 Å². The topological polar surface area (TPSA) is 97.8 Å². The lowest BCUT2D eigenvalue weighted by Gasteiger charge is -2.37. The fourth-order valence-electron chi connectivity index (χ4n) is 3.67. The summed E-state index contributed by atoms with van der Waals surface area (Å²) in [5.74, 6) is -0.622. The molecular weight excluding hydrogens is 450 g/mol. The second-order valence-electron chi connectivity index (χ2n) is 7.74. The van der Waals surface area contributed by atoms with Crippen molar-refractivity contribution in [1.29, 1.82) is 0 Å². The van der Waals surface area contributed by atoms with Crippen LogP contribution in [0.15, 0.2) is 94.7 Å². The number of fused-ring (bicyclic) bond motifs is 1. The van der Waals surface area contributed by atoms with Crippen molar-refractivity contribution in [2.75, 3.05) is 6.54 Å². The highest BCUT2D eigenvalue weighted by molar-refractivity contribution is 8.04. The normalized spacial score (nSPS) is 18.8. The van der Waals surface area contributed by atoms with Gasteiger partial charge in [-0.3, -0.25) is 0 Å².